The lowest BCUT2D eigenvalue weighted by atomic mass is 10.1. The van der Waals surface area contributed by atoms with Crippen LogP contribution in [0.15, 0.2) is 0 Å². The first-order valence-electron chi connectivity index (χ1n) is 2.75. The fourth-order valence-corrected chi connectivity index (χ4v) is 0.554. The normalized spacial score (nSPS) is 11.1. The topological polar surface area (TPSA) is 26.3 Å². The van der Waals surface area contributed by atoms with Crippen LogP contribution in [0.4, 0.5) is 0 Å². The summed E-state index contributed by atoms with van der Waals surface area (Å²) >= 11 is 4.15. The molecule has 54 valence electrons. The second-order valence-electron chi connectivity index (χ2n) is 2.57. The molecule has 0 saturated heterocycles. The highest BCUT2D eigenvalue weighted by Crippen LogP contribution is 2.16. The van der Waals surface area contributed by atoms with E-state index in [1.807, 2.05) is 13.8 Å². The Bertz CT molecular complexity index is 104. The lowest BCUT2D eigenvalue weighted by molar-refractivity contribution is -0.141. The van der Waals surface area contributed by atoms with Crippen molar-refractivity contribution in [1.82, 2.24) is 0 Å². The lowest BCUT2D eigenvalue weighted by Gasteiger charge is -2.13. The first-order valence-corrected chi connectivity index (χ1v) is 3.19. The van der Waals surface area contributed by atoms with Gasteiger partial charge in [-0.3, -0.25) is 4.79 Å². The summed E-state index contributed by atoms with van der Waals surface area (Å²) in [7, 11) is 1.38. The van der Waals surface area contributed by atoms with Crippen LogP contribution < -0.4 is 0 Å². The number of hydrogen-bond donors (Lipinski definition) is 1. The molecule has 0 aliphatic rings. The molecular weight excluding hydrogens is 136 g/mol. The summed E-state index contributed by atoms with van der Waals surface area (Å²) in [5.41, 5.74) is 0. The highest BCUT2D eigenvalue weighted by Gasteiger charge is 2.16. The fourth-order valence-electron chi connectivity index (χ4n) is 0.425. The van der Waals surface area contributed by atoms with Crippen LogP contribution in [-0.4, -0.2) is 17.8 Å². The standard InChI is InChI=1S/C6H12O2S/c1-6(2,9)4-5(7)8-3/h9H,4H2,1-3H3. The summed E-state index contributed by atoms with van der Waals surface area (Å²) in [6, 6.07) is 0. The Kier molecular flexibility index (Phi) is 3.04. The number of thiol groups is 1. The number of ether oxygens (including phenoxy) is 1. The van der Waals surface area contributed by atoms with E-state index in [4.69, 9.17) is 0 Å². The van der Waals surface area contributed by atoms with Gasteiger partial charge in [-0.05, 0) is 0 Å². The SMILES string of the molecule is COC(=O)CC(C)(C)S. The molecule has 0 aromatic carbocycles. The van der Waals surface area contributed by atoms with E-state index in [9.17, 15) is 4.79 Å². The van der Waals surface area contributed by atoms with Crippen LogP contribution in [0.2, 0.25) is 0 Å². The monoisotopic (exact) mass is 148 g/mol. The summed E-state index contributed by atoms with van der Waals surface area (Å²) in [5, 5.41) is 0. The Balaban J connectivity index is 3.60. The van der Waals surface area contributed by atoms with E-state index in [1.54, 1.807) is 0 Å². The van der Waals surface area contributed by atoms with Crippen molar-refractivity contribution in [2.24, 2.45) is 0 Å². The van der Waals surface area contributed by atoms with E-state index in [0.717, 1.165) is 0 Å². The van der Waals surface area contributed by atoms with Gasteiger partial charge in [0.1, 0.15) is 0 Å². The Morgan fingerprint density at radius 1 is 1.67 bits per heavy atom. The van der Waals surface area contributed by atoms with Crippen LogP contribution in [0.1, 0.15) is 20.3 Å². The van der Waals surface area contributed by atoms with Gasteiger partial charge < -0.3 is 4.74 Å². The molecule has 0 spiro atoms. The zero-order valence-electron chi connectivity index (χ0n) is 5.97. The zero-order chi connectivity index (χ0) is 7.49. The minimum absolute atomic E-state index is 0.213. The molecular formula is C6H12O2S. The summed E-state index contributed by atoms with van der Waals surface area (Å²) in [4.78, 5) is 10.6. The van der Waals surface area contributed by atoms with E-state index in [2.05, 4.69) is 17.4 Å². The molecule has 2 nitrogen and oxygen atoms in total. The fraction of sp³-hybridized carbons (Fsp3) is 0.833. The first-order chi connectivity index (χ1) is 3.95. The minimum Gasteiger partial charge on any atom is -0.469 e. The van der Waals surface area contributed by atoms with E-state index in [1.165, 1.54) is 7.11 Å². The molecule has 0 atom stereocenters. The molecule has 3 heteroatoms. The smallest absolute Gasteiger partial charge is 0.306 e. The van der Waals surface area contributed by atoms with Crippen LogP contribution in [0.5, 0.6) is 0 Å². The Morgan fingerprint density at radius 2 is 2.11 bits per heavy atom. The quantitative estimate of drug-likeness (QED) is 0.471. The van der Waals surface area contributed by atoms with Crippen LogP contribution in [0.25, 0.3) is 0 Å². The van der Waals surface area contributed by atoms with Crippen molar-refractivity contribution in [1.29, 1.82) is 0 Å². The third-order valence-corrected chi connectivity index (χ3v) is 0.963. The molecule has 0 bridgehead atoms. The van der Waals surface area contributed by atoms with Crippen molar-refractivity contribution < 1.29 is 9.53 Å². The maximum absolute atomic E-state index is 10.6. The van der Waals surface area contributed by atoms with Gasteiger partial charge in [0.15, 0.2) is 0 Å². The summed E-state index contributed by atoms with van der Waals surface area (Å²) in [6.45, 7) is 3.74. The van der Waals surface area contributed by atoms with Crippen LogP contribution in [0.3, 0.4) is 0 Å². The molecule has 0 aromatic rings. The molecule has 0 aliphatic carbocycles. The first kappa shape index (κ1) is 8.82. The number of carbonyl (C=O) groups excluding carboxylic acids is 1. The predicted molar refractivity (Wildman–Crippen MR) is 39.7 cm³/mol. The Hall–Kier alpha value is -0.180. The van der Waals surface area contributed by atoms with Gasteiger partial charge in [-0.1, -0.05) is 13.8 Å². The van der Waals surface area contributed by atoms with Crippen molar-refractivity contribution in [2.45, 2.75) is 25.0 Å². The van der Waals surface area contributed by atoms with Crippen molar-refractivity contribution in [3.8, 4) is 0 Å². The molecule has 9 heavy (non-hydrogen) atoms. The number of rotatable bonds is 2. The predicted octanol–water partition coefficient (Wildman–Crippen LogP) is 1.26. The summed E-state index contributed by atoms with van der Waals surface area (Å²) in [5.74, 6) is -0.213. The Morgan fingerprint density at radius 3 is 2.22 bits per heavy atom. The van der Waals surface area contributed by atoms with E-state index < -0.39 is 0 Å². The molecule has 0 amide bonds. The summed E-state index contributed by atoms with van der Waals surface area (Å²) in [6.07, 6.45) is 0.354. The van der Waals surface area contributed by atoms with Crippen molar-refractivity contribution in [2.75, 3.05) is 7.11 Å². The lowest BCUT2D eigenvalue weighted by Crippen LogP contribution is -2.17. The molecule has 0 heterocycles. The van der Waals surface area contributed by atoms with Crippen molar-refractivity contribution in [3.05, 3.63) is 0 Å². The molecule has 0 N–H and O–H groups in total. The van der Waals surface area contributed by atoms with Gasteiger partial charge in [-0.15, -0.1) is 0 Å². The van der Waals surface area contributed by atoms with Crippen molar-refractivity contribution in [3.63, 3.8) is 0 Å². The third-order valence-electron chi connectivity index (χ3n) is 0.805. The van der Waals surface area contributed by atoms with Gasteiger partial charge in [-0.2, -0.15) is 12.6 Å². The molecule has 0 rings (SSSR count). The zero-order valence-corrected chi connectivity index (χ0v) is 6.87. The molecule has 0 fully saturated rings. The van der Waals surface area contributed by atoms with Gasteiger partial charge >= 0.3 is 5.97 Å². The summed E-state index contributed by atoms with van der Waals surface area (Å²) < 4.78 is 4.18. The average molecular weight is 148 g/mol. The van der Waals surface area contributed by atoms with E-state index in [0.29, 0.717) is 6.42 Å². The maximum atomic E-state index is 10.6. The second-order valence-corrected chi connectivity index (χ2v) is 3.78. The van der Waals surface area contributed by atoms with Gasteiger partial charge in [0, 0.05) is 4.75 Å². The highest BCUT2D eigenvalue weighted by atomic mass is 32.1. The maximum Gasteiger partial charge on any atom is 0.306 e. The number of hydrogen-bond acceptors (Lipinski definition) is 3. The largest absolute Gasteiger partial charge is 0.469 e. The molecule has 0 radical (unpaired) electrons. The van der Waals surface area contributed by atoms with Gasteiger partial charge in [0.25, 0.3) is 0 Å². The Labute approximate surface area is 61.0 Å². The van der Waals surface area contributed by atoms with E-state index in [-0.39, 0.29) is 10.7 Å². The number of esters is 1. The number of carbonyl (C=O) groups is 1. The van der Waals surface area contributed by atoms with Crippen LogP contribution in [0, 0.1) is 0 Å². The van der Waals surface area contributed by atoms with Crippen LogP contribution >= 0.6 is 12.6 Å². The van der Waals surface area contributed by atoms with Gasteiger partial charge in [0.2, 0.25) is 0 Å². The highest BCUT2D eigenvalue weighted by molar-refractivity contribution is 7.81. The molecule has 0 unspecified atom stereocenters. The van der Waals surface area contributed by atoms with Gasteiger partial charge in [0.05, 0.1) is 13.5 Å². The number of methoxy groups -OCH3 is 1. The van der Waals surface area contributed by atoms with E-state index >= 15 is 0 Å². The second kappa shape index (κ2) is 3.11. The molecule has 0 aliphatic heterocycles. The molecule has 0 saturated carbocycles. The third kappa shape index (κ3) is 5.69. The molecule has 0 aromatic heterocycles. The van der Waals surface area contributed by atoms with Crippen molar-refractivity contribution >= 4 is 18.6 Å². The minimum atomic E-state index is -0.257. The van der Waals surface area contributed by atoms with Crippen LogP contribution in [-0.2, 0) is 9.53 Å². The van der Waals surface area contributed by atoms with Gasteiger partial charge in [-0.25, -0.2) is 0 Å². The average Bonchev–Trinajstić information content (AvgIpc) is 1.62.